The molecule has 1 aliphatic heterocycles. The van der Waals surface area contributed by atoms with Crippen molar-refractivity contribution in [3.8, 4) is 0 Å². The Kier molecular flexibility index (Phi) is 6.06. The summed E-state index contributed by atoms with van der Waals surface area (Å²) in [5, 5.41) is 6.24. The SMILES string of the molecule is COC(=O)C(CC(C)C)NC(=O)C1CC(c2cc(F)ccc2F)=NO1. The summed E-state index contributed by atoms with van der Waals surface area (Å²) in [5.74, 6) is -2.24. The lowest BCUT2D eigenvalue weighted by Crippen LogP contribution is -2.46. The van der Waals surface area contributed by atoms with Crippen LogP contribution in [-0.4, -0.2) is 36.8 Å². The van der Waals surface area contributed by atoms with E-state index in [0.29, 0.717) is 6.42 Å². The van der Waals surface area contributed by atoms with Crippen molar-refractivity contribution in [1.29, 1.82) is 0 Å². The van der Waals surface area contributed by atoms with Crippen LogP contribution in [0.4, 0.5) is 8.78 Å². The van der Waals surface area contributed by atoms with Crippen molar-refractivity contribution < 1.29 is 27.9 Å². The number of benzene rings is 1. The quantitative estimate of drug-likeness (QED) is 0.794. The second-order valence-corrected chi connectivity index (χ2v) is 6.17. The average Bonchev–Trinajstić information content (AvgIpc) is 3.05. The van der Waals surface area contributed by atoms with Gasteiger partial charge in [-0.15, -0.1) is 0 Å². The summed E-state index contributed by atoms with van der Waals surface area (Å²) in [7, 11) is 1.24. The van der Waals surface area contributed by atoms with E-state index in [1.807, 2.05) is 13.8 Å². The van der Waals surface area contributed by atoms with Gasteiger partial charge in [-0.25, -0.2) is 13.6 Å². The second kappa shape index (κ2) is 8.04. The molecule has 25 heavy (non-hydrogen) atoms. The van der Waals surface area contributed by atoms with Crippen molar-refractivity contribution in [1.82, 2.24) is 5.32 Å². The summed E-state index contributed by atoms with van der Waals surface area (Å²) < 4.78 is 31.8. The van der Waals surface area contributed by atoms with Crippen LogP contribution in [0.1, 0.15) is 32.3 Å². The maximum Gasteiger partial charge on any atom is 0.328 e. The van der Waals surface area contributed by atoms with Gasteiger partial charge in [-0.2, -0.15) is 0 Å². The first-order valence-electron chi connectivity index (χ1n) is 7.88. The van der Waals surface area contributed by atoms with Crippen molar-refractivity contribution in [3.63, 3.8) is 0 Å². The molecule has 1 aliphatic rings. The number of hydrogen-bond acceptors (Lipinski definition) is 5. The van der Waals surface area contributed by atoms with Gasteiger partial charge in [0.15, 0.2) is 0 Å². The van der Waals surface area contributed by atoms with Gasteiger partial charge in [0, 0.05) is 12.0 Å². The van der Waals surface area contributed by atoms with Crippen LogP contribution in [0.25, 0.3) is 0 Å². The number of carbonyl (C=O) groups is 2. The highest BCUT2D eigenvalue weighted by atomic mass is 19.1. The maximum atomic E-state index is 13.8. The molecule has 2 atom stereocenters. The van der Waals surface area contributed by atoms with Crippen LogP contribution in [0.2, 0.25) is 0 Å². The van der Waals surface area contributed by atoms with Crippen molar-refractivity contribution in [2.24, 2.45) is 11.1 Å². The molecular weight excluding hydrogens is 334 g/mol. The van der Waals surface area contributed by atoms with E-state index in [1.54, 1.807) is 0 Å². The Bertz CT molecular complexity index is 691. The molecule has 1 aromatic rings. The van der Waals surface area contributed by atoms with E-state index < -0.39 is 35.7 Å². The Hall–Kier alpha value is -2.51. The highest BCUT2D eigenvalue weighted by Crippen LogP contribution is 2.20. The van der Waals surface area contributed by atoms with E-state index in [4.69, 9.17) is 4.84 Å². The van der Waals surface area contributed by atoms with E-state index in [-0.39, 0.29) is 23.6 Å². The third kappa shape index (κ3) is 4.74. The smallest absolute Gasteiger partial charge is 0.328 e. The molecule has 0 saturated heterocycles. The highest BCUT2D eigenvalue weighted by molar-refractivity contribution is 6.04. The minimum absolute atomic E-state index is 0.0260. The van der Waals surface area contributed by atoms with Gasteiger partial charge < -0.3 is 14.9 Å². The molecule has 0 saturated carbocycles. The number of nitrogens with zero attached hydrogens (tertiary/aromatic N) is 1. The molecule has 1 aromatic carbocycles. The fourth-order valence-corrected chi connectivity index (χ4v) is 2.49. The van der Waals surface area contributed by atoms with Gasteiger partial charge in [0.2, 0.25) is 6.10 Å². The molecule has 1 heterocycles. The van der Waals surface area contributed by atoms with E-state index in [1.165, 1.54) is 7.11 Å². The van der Waals surface area contributed by atoms with Crippen LogP contribution in [0.15, 0.2) is 23.4 Å². The van der Waals surface area contributed by atoms with Crippen LogP contribution in [0.3, 0.4) is 0 Å². The number of carbonyl (C=O) groups excluding carboxylic acids is 2. The molecule has 8 heteroatoms. The zero-order valence-corrected chi connectivity index (χ0v) is 14.2. The molecule has 0 radical (unpaired) electrons. The van der Waals surface area contributed by atoms with Gasteiger partial charge in [-0.1, -0.05) is 19.0 Å². The van der Waals surface area contributed by atoms with Crippen LogP contribution in [0.5, 0.6) is 0 Å². The number of oxime groups is 1. The van der Waals surface area contributed by atoms with Gasteiger partial charge in [-0.3, -0.25) is 4.79 Å². The molecule has 0 spiro atoms. The zero-order valence-electron chi connectivity index (χ0n) is 14.2. The van der Waals surface area contributed by atoms with Gasteiger partial charge >= 0.3 is 5.97 Å². The van der Waals surface area contributed by atoms with E-state index in [9.17, 15) is 18.4 Å². The summed E-state index contributed by atoms with van der Waals surface area (Å²) in [5.41, 5.74) is 0.0811. The standard InChI is InChI=1S/C17H20F2N2O4/c1-9(2)6-14(17(23)24-3)20-16(22)15-8-13(21-25-15)11-7-10(18)4-5-12(11)19/h4-5,7,9,14-15H,6,8H2,1-3H3,(H,20,22). The predicted molar refractivity (Wildman–Crippen MR) is 85.8 cm³/mol. The number of rotatable bonds is 6. The van der Waals surface area contributed by atoms with Crippen molar-refractivity contribution >= 4 is 17.6 Å². The van der Waals surface area contributed by atoms with Crippen molar-refractivity contribution in [3.05, 3.63) is 35.4 Å². The van der Waals surface area contributed by atoms with Gasteiger partial charge in [0.05, 0.1) is 12.8 Å². The Balaban J connectivity index is 2.03. The first-order valence-corrected chi connectivity index (χ1v) is 7.88. The number of esters is 1. The van der Waals surface area contributed by atoms with Crippen LogP contribution < -0.4 is 5.32 Å². The molecule has 0 fully saturated rings. The number of amides is 1. The number of nitrogens with one attached hydrogen (secondary N) is 1. The van der Waals surface area contributed by atoms with Crippen LogP contribution in [0, 0.1) is 17.6 Å². The average molecular weight is 354 g/mol. The molecule has 2 unspecified atom stereocenters. The minimum atomic E-state index is -1.02. The summed E-state index contributed by atoms with van der Waals surface area (Å²) in [6, 6.07) is 2.16. The van der Waals surface area contributed by atoms with E-state index in [0.717, 1.165) is 18.2 Å². The molecule has 2 rings (SSSR count). The maximum absolute atomic E-state index is 13.8. The van der Waals surface area contributed by atoms with Crippen molar-refractivity contribution in [2.75, 3.05) is 7.11 Å². The number of hydrogen-bond donors (Lipinski definition) is 1. The van der Waals surface area contributed by atoms with Gasteiger partial charge in [0.25, 0.3) is 5.91 Å². The molecule has 0 bridgehead atoms. The lowest BCUT2D eigenvalue weighted by atomic mass is 10.0. The van der Waals surface area contributed by atoms with Gasteiger partial charge in [-0.05, 0) is 30.5 Å². The predicted octanol–water partition coefficient (Wildman–Crippen LogP) is 2.16. The number of ether oxygens (including phenoxy) is 1. The number of halogens is 2. The summed E-state index contributed by atoms with van der Waals surface area (Å²) >= 11 is 0. The highest BCUT2D eigenvalue weighted by Gasteiger charge is 2.33. The van der Waals surface area contributed by atoms with Crippen LogP contribution in [-0.2, 0) is 19.2 Å². The Morgan fingerprint density at radius 2 is 2.12 bits per heavy atom. The Morgan fingerprint density at radius 3 is 2.76 bits per heavy atom. The lowest BCUT2D eigenvalue weighted by Gasteiger charge is -2.19. The first kappa shape index (κ1) is 18.8. The van der Waals surface area contributed by atoms with Gasteiger partial charge in [0.1, 0.15) is 17.7 Å². The first-order chi connectivity index (χ1) is 11.8. The van der Waals surface area contributed by atoms with E-state index >= 15 is 0 Å². The summed E-state index contributed by atoms with van der Waals surface area (Å²) in [4.78, 5) is 29.1. The molecular formula is C17H20F2N2O4. The fourth-order valence-electron chi connectivity index (χ4n) is 2.49. The topological polar surface area (TPSA) is 77.0 Å². The fraction of sp³-hybridized carbons (Fsp3) is 0.471. The second-order valence-electron chi connectivity index (χ2n) is 6.17. The van der Waals surface area contributed by atoms with E-state index in [2.05, 4.69) is 15.2 Å². The Morgan fingerprint density at radius 1 is 1.40 bits per heavy atom. The molecule has 1 N–H and O–H groups in total. The van der Waals surface area contributed by atoms with Crippen molar-refractivity contribution in [2.45, 2.75) is 38.8 Å². The third-order valence-electron chi connectivity index (χ3n) is 3.71. The molecule has 6 nitrogen and oxygen atoms in total. The normalized spacial score (nSPS) is 17.7. The molecule has 0 aromatic heterocycles. The largest absolute Gasteiger partial charge is 0.467 e. The minimum Gasteiger partial charge on any atom is -0.467 e. The zero-order chi connectivity index (χ0) is 18.6. The number of methoxy groups -OCH3 is 1. The third-order valence-corrected chi connectivity index (χ3v) is 3.71. The Labute approximate surface area is 144 Å². The summed E-state index contributed by atoms with van der Waals surface area (Å²) in [6.45, 7) is 3.81. The van der Waals surface area contributed by atoms with Crippen LogP contribution >= 0.6 is 0 Å². The summed E-state index contributed by atoms with van der Waals surface area (Å²) in [6.07, 6.45) is -0.643. The monoisotopic (exact) mass is 354 g/mol. The molecule has 1 amide bonds. The molecule has 136 valence electrons. The molecule has 0 aliphatic carbocycles. The lowest BCUT2D eigenvalue weighted by molar-refractivity contribution is -0.147.